The van der Waals surface area contributed by atoms with Gasteiger partial charge < -0.3 is 4.74 Å². The molecule has 0 saturated heterocycles. The van der Waals surface area contributed by atoms with Crippen LogP contribution in [0.1, 0.15) is 5.56 Å². The highest BCUT2D eigenvalue weighted by molar-refractivity contribution is 5.86. The van der Waals surface area contributed by atoms with Gasteiger partial charge in [-0.05, 0) is 18.2 Å². The molecular formula is C10H9NO+. The Morgan fingerprint density at radius 2 is 2.25 bits per heavy atom. The van der Waals surface area contributed by atoms with E-state index in [0.29, 0.717) is 0 Å². The monoisotopic (exact) mass is 159 g/mol. The third-order valence-electron chi connectivity index (χ3n) is 1.81. The van der Waals surface area contributed by atoms with E-state index in [0.717, 1.165) is 17.0 Å². The van der Waals surface area contributed by atoms with Gasteiger partial charge in [-0.25, -0.2) is 0 Å². The Morgan fingerprint density at radius 1 is 1.33 bits per heavy atom. The highest BCUT2D eigenvalue weighted by Gasteiger charge is 2.12. The number of aliphatic imine (C=N–C) groups is 1. The first kappa shape index (κ1) is 7.10. The van der Waals surface area contributed by atoms with Crippen molar-refractivity contribution in [2.24, 2.45) is 0 Å². The van der Waals surface area contributed by atoms with Crippen LogP contribution in [0.5, 0.6) is 5.75 Å². The van der Waals surface area contributed by atoms with Crippen molar-refractivity contribution in [2.75, 3.05) is 7.11 Å². The summed E-state index contributed by atoms with van der Waals surface area (Å²) in [7, 11) is 1.66. The molecule has 2 nitrogen and oxygen atoms in total. The first-order valence-electron chi connectivity index (χ1n) is 3.79. The minimum absolute atomic E-state index is 0.848. The summed E-state index contributed by atoms with van der Waals surface area (Å²) in [5.41, 5.74) is 2.11. The first-order valence-corrected chi connectivity index (χ1v) is 3.79. The van der Waals surface area contributed by atoms with Gasteiger partial charge in [-0.1, -0.05) is 0 Å². The molecule has 0 spiro atoms. The van der Waals surface area contributed by atoms with Gasteiger partial charge in [0.2, 0.25) is 6.21 Å². The average Bonchev–Trinajstić information content (AvgIpc) is 2.17. The second-order valence-corrected chi connectivity index (χ2v) is 2.56. The van der Waals surface area contributed by atoms with Crippen LogP contribution in [0.15, 0.2) is 24.3 Å². The molecule has 0 N–H and O–H groups in total. The predicted molar refractivity (Wildman–Crippen MR) is 49.9 cm³/mol. The summed E-state index contributed by atoms with van der Waals surface area (Å²) >= 11 is 0. The Morgan fingerprint density at radius 3 is 3.08 bits per heavy atom. The molecule has 1 aliphatic heterocycles. The van der Waals surface area contributed by atoms with Crippen LogP contribution in [0.2, 0.25) is 0 Å². The fourth-order valence-electron chi connectivity index (χ4n) is 1.17. The average molecular weight is 159 g/mol. The zero-order valence-corrected chi connectivity index (χ0v) is 6.82. The number of benzene rings is 1. The van der Waals surface area contributed by atoms with Gasteiger partial charge in [0, 0.05) is 6.08 Å². The van der Waals surface area contributed by atoms with Crippen LogP contribution >= 0.6 is 0 Å². The van der Waals surface area contributed by atoms with Crippen LogP contribution in [-0.2, 0) is 0 Å². The number of nitrogens with zero attached hydrogens (tertiary/aromatic N) is 1. The van der Waals surface area contributed by atoms with Gasteiger partial charge in [0.1, 0.15) is 5.75 Å². The topological polar surface area (TPSA) is 23.3 Å². The number of hydrogen-bond donors (Lipinski definition) is 0. The second-order valence-electron chi connectivity index (χ2n) is 2.56. The van der Waals surface area contributed by atoms with Gasteiger partial charge in [0.05, 0.1) is 23.7 Å². The molecule has 0 aromatic heterocycles. The number of fused-ring (bicyclic) bond motifs is 1. The van der Waals surface area contributed by atoms with Crippen molar-refractivity contribution in [3.8, 4) is 5.75 Å². The van der Waals surface area contributed by atoms with Crippen LogP contribution in [0.3, 0.4) is 0 Å². The minimum atomic E-state index is 0.848. The maximum Gasteiger partial charge on any atom is 0.288 e. The van der Waals surface area contributed by atoms with E-state index in [1.165, 1.54) is 0 Å². The molecule has 1 heterocycles. The molecule has 1 aromatic rings. The van der Waals surface area contributed by atoms with Crippen molar-refractivity contribution in [3.63, 3.8) is 0 Å². The third kappa shape index (κ3) is 1.11. The van der Waals surface area contributed by atoms with E-state index in [1.54, 1.807) is 13.3 Å². The fourth-order valence-corrected chi connectivity index (χ4v) is 1.17. The van der Waals surface area contributed by atoms with Crippen LogP contribution in [0.4, 0.5) is 5.69 Å². The lowest BCUT2D eigenvalue weighted by molar-refractivity contribution is 0.415. The van der Waals surface area contributed by atoms with Crippen molar-refractivity contribution in [3.05, 3.63) is 29.8 Å². The molecule has 1 aromatic carbocycles. The lowest BCUT2D eigenvalue weighted by Gasteiger charge is -1.99. The fraction of sp³-hybridized carbons (Fsp3) is 0.100. The van der Waals surface area contributed by atoms with Crippen LogP contribution < -0.4 is 9.73 Å². The third-order valence-corrected chi connectivity index (χ3v) is 1.81. The van der Waals surface area contributed by atoms with Crippen LogP contribution in [0.25, 0.3) is 6.08 Å². The maximum atomic E-state index is 5.08. The molecule has 0 amide bonds. The summed E-state index contributed by atoms with van der Waals surface area (Å²) in [6, 6.07) is 5.86. The van der Waals surface area contributed by atoms with Gasteiger partial charge in [-0.2, -0.15) is 0 Å². The van der Waals surface area contributed by atoms with E-state index in [2.05, 4.69) is 4.99 Å². The lowest BCUT2D eigenvalue weighted by Crippen LogP contribution is -1.92. The molecule has 0 fully saturated rings. The van der Waals surface area contributed by atoms with Gasteiger partial charge in [-0.3, -0.25) is 0 Å². The van der Waals surface area contributed by atoms with Gasteiger partial charge in [0.15, 0.2) is 0 Å². The molecule has 59 valence electrons. The Bertz CT molecular complexity index is 353. The Kier molecular flexibility index (Phi) is 1.67. The number of hydrogen-bond acceptors (Lipinski definition) is 2. The highest BCUT2D eigenvalue weighted by Crippen LogP contribution is 2.23. The van der Waals surface area contributed by atoms with E-state index < -0.39 is 0 Å². The van der Waals surface area contributed by atoms with Crippen LogP contribution in [0, 0.1) is 0 Å². The Labute approximate surface area is 71.2 Å². The van der Waals surface area contributed by atoms with Gasteiger partial charge >= 0.3 is 0 Å². The van der Waals surface area contributed by atoms with Crippen molar-refractivity contribution in [2.45, 2.75) is 0 Å². The van der Waals surface area contributed by atoms with E-state index in [1.807, 2.05) is 30.4 Å². The van der Waals surface area contributed by atoms with E-state index >= 15 is 0 Å². The zero-order valence-electron chi connectivity index (χ0n) is 6.82. The molecule has 0 bridgehead atoms. The molecule has 0 unspecified atom stereocenters. The summed E-state index contributed by atoms with van der Waals surface area (Å²) in [6.07, 6.45) is 5.73. The predicted octanol–water partition coefficient (Wildman–Crippen LogP) is 1.76. The SMILES string of the molecule is COc1ccc2c(c1)[N+]=CC=C2. The number of allylic oxidation sites excluding steroid dienone is 1. The van der Waals surface area contributed by atoms with Crippen molar-refractivity contribution in [1.29, 1.82) is 0 Å². The van der Waals surface area contributed by atoms with E-state index in [-0.39, 0.29) is 0 Å². The summed E-state index contributed by atoms with van der Waals surface area (Å²) < 4.78 is 5.08. The molecular weight excluding hydrogens is 150 g/mol. The largest absolute Gasteiger partial charge is 0.497 e. The first-order chi connectivity index (χ1) is 5.90. The molecule has 2 rings (SSSR count). The van der Waals surface area contributed by atoms with Gasteiger partial charge in [-0.15, -0.1) is 0 Å². The van der Waals surface area contributed by atoms with Crippen molar-refractivity contribution < 1.29 is 4.74 Å². The quantitative estimate of drug-likeness (QED) is 0.612. The summed E-state index contributed by atoms with van der Waals surface area (Å²) in [4.78, 5) is 4.21. The summed E-state index contributed by atoms with van der Waals surface area (Å²) in [6.45, 7) is 0. The number of rotatable bonds is 1. The van der Waals surface area contributed by atoms with Crippen LogP contribution in [-0.4, -0.2) is 13.3 Å². The van der Waals surface area contributed by atoms with Crippen molar-refractivity contribution in [1.82, 2.24) is 4.99 Å². The van der Waals surface area contributed by atoms with Crippen molar-refractivity contribution >= 4 is 18.0 Å². The highest BCUT2D eigenvalue weighted by atomic mass is 16.5. The second kappa shape index (κ2) is 2.81. The van der Waals surface area contributed by atoms with E-state index in [4.69, 9.17) is 4.74 Å². The molecule has 2 heteroatoms. The number of methoxy groups -OCH3 is 1. The molecule has 0 saturated carbocycles. The number of ether oxygens (including phenoxy) is 1. The minimum Gasteiger partial charge on any atom is -0.497 e. The molecule has 0 atom stereocenters. The van der Waals surface area contributed by atoms with E-state index in [9.17, 15) is 0 Å². The van der Waals surface area contributed by atoms with Gasteiger partial charge in [0.25, 0.3) is 5.69 Å². The molecule has 0 aliphatic carbocycles. The summed E-state index contributed by atoms with van der Waals surface area (Å²) in [5, 5.41) is 0. The molecule has 1 radical (unpaired) electrons. The summed E-state index contributed by atoms with van der Waals surface area (Å²) in [5.74, 6) is 0.848. The standard InChI is InChI=1S/C10H9NO/c1-12-9-5-4-8-3-2-6-11-10(8)7-9/h2-7H,1H3/q+1. The maximum absolute atomic E-state index is 5.08. The Hall–Kier alpha value is -1.57. The lowest BCUT2D eigenvalue weighted by atomic mass is 10.1. The molecule has 12 heavy (non-hydrogen) atoms. The normalized spacial score (nSPS) is 12.8. The molecule has 1 aliphatic rings. The zero-order chi connectivity index (χ0) is 8.39. The smallest absolute Gasteiger partial charge is 0.288 e. The Balaban J connectivity index is 2.51.